The highest BCUT2D eigenvalue weighted by atomic mass is 127. The van der Waals surface area contributed by atoms with Gasteiger partial charge in [-0.1, -0.05) is 30.3 Å². The predicted molar refractivity (Wildman–Crippen MR) is 170 cm³/mol. The van der Waals surface area contributed by atoms with Crippen LogP contribution in [0, 0.1) is 9.39 Å². The summed E-state index contributed by atoms with van der Waals surface area (Å²) in [5.41, 5.74) is 1.89. The fourth-order valence-corrected chi connectivity index (χ4v) is 5.21. The molecule has 0 unspecified atom stereocenters. The lowest BCUT2D eigenvalue weighted by molar-refractivity contribution is -0.118. The largest absolute Gasteiger partial charge is 0.493 e. The van der Waals surface area contributed by atoms with Gasteiger partial charge in [0.25, 0.3) is 11.5 Å². The van der Waals surface area contributed by atoms with Crippen LogP contribution in [-0.2, 0) is 4.79 Å². The Morgan fingerprint density at radius 3 is 2.63 bits per heavy atom. The molecule has 0 bridgehead atoms. The van der Waals surface area contributed by atoms with Gasteiger partial charge in [0.05, 0.1) is 27.8 Å². The molecule has 0 atom stereocenters. The van der Waals surface area contributed by atoms with Gasteiger partial charge in [-0.15, -0.1) is 0 Å². The number of ether oxygens (including phenoxy) is 2. The zero-order chi connectivity index (χ0) is 29.9. The summed E-state index contributed by atoms with van der Waals surface area (Å²) in [6.45, 7) is -0.295. The van der Waals surface area contributed by atoms with Gasteiger partial charge in [-0.05, 0) is 88.8 Å². The van der Waals surface area contributed by atoms with Crippen molar-refractivity contribution in [3.8, 4) is 23.1 Å². The smallest absolute Gasteiger partial charge is 0.282 e. The molecule has 2 heterocycles. The maximum Gasteiger partial charge on any atom is 0.282 e. The van der Waals surface area contributed by atoms with E-state index in [4.69, 9.17) is 18.9 Å². The summed E-state index contributed by atoms with van der Waals surface area (Å²) < 4.78 is 32.3. The van der Waals surface area contributed by atoms with Crippen LogP contribution < -0.4 is 20.3 Å². The Morgan fingerprint density at radius 2 is 1.84 bits per heavy atom. The molecule has 1 N–H and O–H groups in total. The van der Waals surface area contributed by atoms with Crippen molar-refractivity contribution in [2.24, 2.45) is 5.10 Å². The van der Waals surface area contributed by atoms with Crippen molar-refractivity contribution in [1.29, 1.82) is 0 Å². The van der Waals surface area contributed by atoms with Gasteiger partial charge in [0, 0.05) is 11.1 Å². The van der Waals surface area contributed by atoms with Crippen LogP contribution in [0.3, 0.4) is 0 Å². The number of hydrogen-bond acceptors (Lipinski definition) is 7. The summed E-state index contributed by atoms with van der Waals surface area (Å²) in [7, 11) is 1.48. The van der Waals surface area contributed by atoms with Crippen LogP contribution in [0.1, 0.15) is 5.56 Å². The average Bonchev–Trinajstić information content (AvgIpc) is 3.45. The highest BCUT2D eigenvalue weighted by molar-refractivity contribution is 14.1. The zero-order valence-corrected chi connectivity index (χ0v) is 24.7. The van der Waals surface area contributed by atoms with Crippen molar-refractivity contribution >= 4 is 62.3 Å². The third kappa shape index (κ3) is 5.97. The second-order valence-electron chi connectivity index (χ2n) is 9.34. The third-order valence-corrected chi connectivity index (χ3v) is 7.25. The van der Waals surface area contributed by atoms with Gasteiger partial charge in [-0.2, -0.15) is 9.78 Å². The number of nitrogens with one attached hydrogen (secondary N) is 1. The van der Waals surface area contributed by atoms with Crippen molar-refractivity contribution in [3.05, 3.63) is 116 Å². The fourth-order valence-electron chi connectivity index (χ4n) is 4.43. The summed E-state index contributed by atoms with van der Waals surface area (Å²) in [6.07, 6.45) is 1.51. The lowest BCUT2D eigenvalue weighted by Gasteiger charge is -2.13. The number of rotatable bonds is 8. The number of anilines is 1. The van der Waals surface area contributed by atoms with Crippen LogP contribution >= 0.6 is 22.6 Å². The molecule has 214 valence electrons. The van der Waals surface area contributed by atoms with Gasteiger partial charge >= 0.3 is 0 Å². The number of amides is 1. The Bertz CT molecular complexity index is 2040. The Morgan fingerprint density at radius 1 is 1.07 bits per heavy atom. The SMILES string of the molecule is COc1cc(C=Nn2c(-c3cc4ccccc4o3)nc3ccccc3c2=O)cc(I)c1OCC(=O)Nc1ccc(F)cc1. The second-order valence-corrected chi connectivity index (χ2v) is 10.5. The molecule has 0 aliphatic rings. The number of hydrogen-bond donors (Lipinski definition) is 1. The molecule has 0 aliphatic heterocycles. The molecule has 1 amide bonds. The van der Waals surface area contributed by atoms with Crippen LogP contribution in [0.15, 0.2) is 105 Å². The van der Waals surface area contributed by atoms with Gasteiger partial charge in [0.15, 0.2) is 23.9 Å². The van der Waals surface area contributed by atoms with Crippen LogP contribution in [0.2, 0.25) is 0 Å². The first-order valence-corrected chi connectivity index (χ1v) is 14.1. The molecule has 0 saturated carbocycles. The van der Waals surface area contributed by atoms with Crippen LogP contribution in [0.5, 0.6) is 11.5 Å². The van der Waals surface area contributed by atoms with E-state index in [-0.39, 0.29) is 18.0 Å². The first kappa shape index (κ1) is 28.1. The quantitative estimate of drug-likeness (QED) is 0.145. The summed E-state index contributed by atoms with van der Waals surface area (Å²) in [4.78, 5) is 30.7. The summed E-state index contributed by atoms with van der Waals surface area (Å²) >= 11 is 2.07. The number of nitrogens with zero attached hydrogens (tertiary/aromatic N) is 3. The molecule has 43 heavy (non-hydrogen) atoms. The maximum atomic E-state index is 13.6. The zero-order valence-electron chi connectivity index (χ0n) is 22.6. The van der Waals surface area contributed by atoms with Crippen LogP contribution in [-0.4, -0.2) is 35.5 Å². The summed E-state index contributed by atoms with van der Waals surface area (Å²) in [5.74, 6) is 0.563. The number of furan rings is 1. The molecule has 6 aromatic rings. The minimum Gasteiger partial charge on any atom is -0.493 e. The minimum atomic E-state index is -0.420. The Balaban J connectivity index is 1.30. The molecule has 0 spiro atoms. The van der Waals surface area contributed by atoms with E-state index in [9.17, 15) is 14.0 Å². The molecule has 0 saturated heterocycles. The summed E-state index contributed by atoms with van der Waals surface area (Å²) in [6, 6.07) is 25.3. The lowest BCUT2D eigenvalue weighted by Crippen LogP contribution is -2.21. The molecule has 6 rings (SSSR count). The number of fused-ring (bicyclic) bond motifs is 2. The van der Waals surface area contributed by atoms with Gasteiger partial charge in [0.2, 0.25) is 5.82 Å². The van der Waals surface area contributed by atoms with E-state index < -0.39 is 11.7 Å². The highest BCUT2D eigenvalue weighted by Crippen LogP contribution is 2.34. The number of benzene rings is 4. The monoisotopic (exact) mass is 688 g/mol. The third-order valence-electron chi connectivity index (χ3n) is 6.45. The van der Waals surface area contributed by atoms with Gasteiger partial charge in [-0.25, -0.2) is 9.37 Å². The second kappa shape index (κ2) is 12.1. The predicted octanol–water partition coefficient (Wildman–Crippen LogP) is 6.46. The van der Waals surface area contributed by atoms with E-state index in [0.717, 1.165) is 5.39 Å². The standard InChI is InChI=1S/C32H22FIN4O5/c1-41-27-15-19(14-24(34)30(27)42-18-29(39)36-22-12-10-21(33)11-13-22)17-35-38-31(28-16-20-6-2-5-9-26(20)43-28)37-25-8-4-3-7-23(25)32(38)40/h2-17H,18H2,1H3,(H,36,39). The first-order valence-electron chi connectivity index (χ1n) is 13.0. The number of carbonyl (C=O) groups is 1. The van der Waals surface area contributed by atoms with Gasteiger partial charge in [0.1, 0.15) is 11.4 Å². The van der Waals surface area contributed by atoms with E-state index in [1.807, 2.05) is 36.4 Å². The van der Waals surface area contributed by atoms with E-state index >= 15 is 0 Å². The molecule has 9 nitrogen and oxygen atoms in total. The van der Waals surface area contributed by atoms with Gasteiger partial charge < -0.3 is 19.2 Å². The average molecular weight is 688 g/mol. The van der Waals surface area contributed by atoms with Crippen molar-refractivity contribution < 1.29 is 23.1 Å². The number of carbonyl (C=O) groups excluding carboxylic acids is 1. The molecule has 4 aromatic carbocycles. The summed E-state index contributed by atoms with van der Waals surface area (Å²) in [5, 5.41) is 8.45. The van der Waals surface area contributed by atoms with Crippen LogP contribution in [0.25, 0.3) is 33.5 Å². The molecule has 11 heteroatoms. The Kier molecular flexibility index (Phi) is 7.88. The minimum absolute atomic E-state index is 0.255. The normalized spacial score (nSPS) is 11.3. The maximum absolute atomic E-state index is 13.6. The number of halogens is 2. The molecule has 0 radical (unpaired) electrons. The lowest BCUT2D eigenvalue weighted by atomic mass is 10.2. The van der Waals surface area contributed by atoms with E-state index in [1.165, 1.54) is 42.3 Å². The highest BCUT2D eigenvalue weighted by Gasteiger charge is 2.17. The first-order chi connectivity index (χ1) is 20.9. The van der Waals surface area contributed by atoms with Crippen molar-refractivity contribution in [2.45, 2.75) is 0 Å². The van der Waals surface area contributed by atoms with E-state index in [1.54, 1.807) is 30.3 Å². The number of methoxy groups -OCH3 is 1. The van der Waals surface area contributed by atoms with Crippen LogP contribution in [0.4, 0.5) is 10.1 Å². The van der Waals surface area contributed by atoms with Crippen molar-refractivity contribution in [1.82, 2.24) is 9.66 Å². The number of para-hydroxylation sites is 2. The molecule has 0 fully saturated rings. The topological polar surface area (TPSA) is 108 Å². The number of aromatic nitrogens is 2. The van der Waals surface area contributed by atoms with E-state index in [2.05, 4.69) is 33.0 Å². The Labute approximate surface area is 257 Å². The Hall–Kier alpha value is -5.04. The van der Waals surface area contributed by atoms with E-state index in [0.29, 0.717) is 48.6 Å². The fraction of sp³-hybridized carbons (Fsp3) is 0.0625. The van der Waals surface area contributed by atoms with Crippen molar-refractivity contribution in [3.63, 3.8) is 0 Å². The van der Waals surface area contributed by atoms with Crippen molar-refractivity contribution in [2.75, 3.05) is 19.0 Å². The molecule has 2 aromatic heterocycles. The van der Waals surface area contributed by atoms with Gasteiger partial charge in [-0.3, -0.25) is 9.59 Å². The molecular formula is C32H22FIN4O5. The molecular weight excluding hydrogens is 666 g/mol. The molecule has 0 aliphatic carbocycles.